The van der Waals surface area contributed by atoms with E-state index in [1.165, 1.54) is 5.56 Å². The molecule has 0 bridgehead atoms. The maximum Gasteiger partial charge on any atom is 0.237 e. The fraction of sp³-hybridized carbons (Fsp3) is 0.435. The summed E-state index contributed by atoms with van der Waals surface area (Å²) in [6.45, 7) is 5.20. The highest BCUT2D eigenvalue weighted by molar-refractivity contribution is 7.91. The second-order valence-electron chi connectivity index (χ2n) is 8.04. The molecule has 1 amide bonds. The number of piperidine rings is 1. The summed E-state index contributed by atoms with van der Waals surface area (Å²) in [7, 11) is -3.47. The van der Waals surface area contributed by atoms with Gasteiger partial charge in [-0.05, 0) is 50.2 Å². The van der Waals surface area contributed by atoms with Crippen molar-refractivity contribution in [2.45, 2.75) is 38.9 Å². The van der Waals surface area contributed by atoms with Gasteiger partial charge >= 0.3 is 0 Å². The molecule has 0 N–H and O–H groups in total. The Labute approximate surface area is 168 Å². The Bertz CT molecular complexity index is 894. The third kappa shape index (κ3) is 5.93. The van der Waals surface area contributed by atoms with E-state index in [1.807, 2.05) is 38.1 Å². The van der Waals surface area contributed by atoms with Crippen molar-refractivity contribution in [3.63, 3.8) is 0 Å². The Kier molecular flexibility index (Phi) is 6.55. The van der Waals surface area contributed by atoms with Gasteiger partial charge in [-0.2, -0.15) is 0 Å². The van der Waals surface area contributed by atoms with Gasteiger partial charge in [-0.3, -0.25) is 4.79 Å². The zero-order chi connectivity index (χ0) is 20.1. The minimum Gasteiger partial charge on any atom is -0.342 e. The highest BCUT2D eigenvalue weighted by Gasteiger charge is 2.26. The van der Waals surface area contributed by atoms with Crippen molar-refractivity contribution in [3.8, 4) is 0 Å². The zero-order valence-corrected chi connectivity index (χ0v) is 17.5. The lowest BCUT2D eigenvalue weighted by atomic mass is 9.90. The molecule has 0 aliphatic carbocycles. The van der Waals surface area contributed by atoms with Crippen molar-refractivity contribution in [3.05, 3.63) is 70.8 Å². The number of nitrogens with zero attached hydrogens (tertiary/aromatic N) is 1. The molecule has 1 saturated heterocycles. The molecule has 4 nitrogen and oxygen atoms in total. The second kappa shape index (κ2) is 8.91. The molecule has 0 radical (unpaired) electrons. The van der Waals surface area contributed by atoms with Gasteiger partial charge < -0.3 is 4.90 Å². The number of likely N-dealkylation sites (tertiary alicyclic amines) is 1. The average Bonchev–Trinajstić information content (AvgIpc) is 2.61. The fourth-order valence-corrected chi connectivity index (χ4v) is 5.41. The molecule has 1 aliphatic heterocycles. The largest absolute Gasteiger partial charge is 0.342 e. The van der Waals surface area contributed by atoms with Gasteiger partial charge in [0.15, 0.2) is 9.84 Å². The highest BCUT2D eigenvalue weighted by Crippen LogP contribution is 2.22. The summed E-state index contributed by atoms with van der Waals surface area (Å²) in [5, 5.41) is 0. The quantitative estimate of drug-likeness (QED) is 0.744. The van der Waals surface area contributed by atoms with E-state index in [0.29, 0.717) is 19.0 Å². The zero-order valence-electron chi connectivity index (χ0n) is 16.7. The number of aryl methyl sites for hydroxylation is 2. The van der Waals surface area contributed by atoms with Crippen LogP contribution >= 0.6 is 0 Å². The molecule has 0 atom stereocenters. The molecule has 1 heterocycles. The van der Waals surface area contributed by atoms with Crippen LogP contribution in [0.25, 0.3) is 0 Å². The highest BCUT2D eigenvalue weighted by atomic mass is 32.2. The molecule has 0 aromatic heterocycles. The molecule has 2 aromatic rings. The SMILES string of the molecule is Cc1cc(C)cc(CS(=O)(=O)CC(=O)N2CCC(Cc3ccccc3)CC2)c1. The van der Waals surface area contributed by atoms with Crippen LogP contribution in [0, 0.1) is 19.8 Å². The van der Waals surface area contributed by atoms with Gasteiger partial charge in [0, 0.05) is 13.1 Å². The van der Waals surface area contributed by atoms with Crippen molar-refractivity contribution < 1.29 is 13.2 Å². The number of hydrogen-bond donors (Lipinski definition) is 0. The summed E-state index contributed by atoms with van der Waals surface area (Å²) in [6, 6.07) is 16.2. The Morgan fingerprint density at radius 3 is 2.18 bits per heavy atom. The van der Waals surface area contributed by atoms with E-state index in [-0.39, 0.29) is 11.7 Å². The normalized spacial score (nSPS) is 15.6. The fourth-order valence-electron chi connectivity index (χ4n) is 4.07. The van der Waals surface area contributed by atoms with Crippen LogP contribution in [-0.2, 0) is 26.8 Å². The number of hydrogen-bond acceptors (Lipinski definition) is 3. The lowest BCUT2D eigenvalue weighted by Crippen LogP contribution is -2.41. The first-order valence-electron chi connectivity index (χ1n) is 9.90. The van der Waals surface area contributed by atoms with Crippen molar-refractivity contribution in [2.75, 3.05) is 18.8 Å². The Balaban J connectivity index is 1.52. The predicted octanol–water partition coefficient (Wildman–Crippen LogP) is 3.70. The molecular formula is C23H29NO3S. The average molecular weight is 400 g/mol. The first-order valence-corrected chi connectivity index (χ1v) is 11.7. The molecular weight excluding hydrogens is 370 g/mol. The van der Waals surface area contributed by atoms with Crippen LogP contribution in [0.2, 0.25) is 0 Å². The first kappa shape index (κ1) is 20.6. The predicted molar refractivity (Wildman–Crippen MR) is 113 cm³/mol. The number of carbonyl (C=O) groups is 1. The van der Waals surface area contributed by atoms with Crippen molar-refractivity contribution in [1.29, 1.82) is 0 Å². The molecule has 28 heavy (non-hydrogen) atoms. The summed E-state index contributed by atoms with van der Waals surface area (Å²) in [6.07, 6.45) is 2.88. The van der Waals surface area contributed by atoms with E-state index in [2.05, 4.69) is 24.3 Å². The van der Waals surface area contributed by atoms with E-state index in [0.717, 1.165) is 36.0 Å². The van der Waals surface area contributed by atoms with Crippen molar-refractivity contribution in [1.82, 2.24) is 4.90 Å². The third-order valence-corrected chi connectivity index (χ3v) is 6.81. The summed E-state index contributed by atoms with van der Waals surface area (Å²) >= 11 is 0. The Morgan fingerprint density at radius 1 is 0.964 bits per heavy atom. The summed E-state index contributed by atoms with van der Waals surface area (Å²) in [5.74, 6) is -0.185. The van der Waals surface area contributed by atoms with E-state index in [9.17, 15) is 13.2 Å². The van der Waals surface area contributed by atoms with Crippen LogP contribution in [0.5, 0.6) is 0 Å². The first-order chi connectivity index (χ1) is 13.3. The Hall–Kier alpha value is -2.14. The molecule has 0 saturated carbocycles. The molecule has 1 aliphatic rings. The lowest BCUT2D eigenvalue weighted by molar-refractivity contribution is -0.129. The van der Waals surface area contributed by atoms with Gasteiger partial charge in [0.05, 0.1) is 5.75 Å². The molecule has 5 heteroatoms. The summed E-state index contributed by atoms with van der Waals surface area (Å²) in [4.78, 5) is 14.3. The lowest BCUT2D eigenvalue weighted by Gasteiger charge is -2.32. The number of amides is 1. The van der Waals surface area contributed by atoms with Gasteiger partial charge in [0.2, 0.25) is 5.91 Å². The molecule has 1 fully saturated rings. The monoisotopic (exact) mass is 399 g/mol. The summed E-state index contributed by atoms with van der Waals surface area (Å²) in [5.41, 5.74) is 4.16. The van der Waals surface area contributed by atoms with Gasteiger partial charge in [0.1, 0.15) is 5.75 Å². The van der Waals surface area contributed by atoms with E-state index < -0.39 is 15.6 Å². The maximum atomic E-state index is 12.5. The third-order valence-electron chi connectivity index (χ3n) is 5.35. The van der Waals surface area contributed by atoms with Gasteiger partial charge in [-0.25, -0.2) is 8.42 Å². The van der Waals surface area contributed by atoms with Crippen LogP contribution in [0.3, 0.4) is 0 Å². The van der Waals surface area contributed by atoms with Crippen molar-refractivity contribution in [2.24, 2.45) is 5.92 Å². The van der Waals surface area contributed by atoms with Crippen LogP contribution < -0.4 is 0 Å². The van der Waals surface area contributed by atoms with Crippen LogP contribution in [0.1, 0.15) is 35.1 Å². The standard InChI is InChI=1S/C23H29NO3S/c1-18-12-19(2)14-22(13-18)16-28(26,27)17-23(25)24-10-8-21(9-11-24)15-20-6-4-3-5-7-20/h3-7,12-14,21H,8-11,15-17H2,1-2H3. The van der Waals surface area contributed by atoms with Crippen molar-refractivity contribution >= 4 is 15.7 Å². The number of carbonyl (C=O) groups excluding carboxylic acids is 1. The van der Waals surface area contributed by atoms with Crippen LogP contribution in [0.15, 0.2) is 48.5 Å². The van der Waals surface area contributed by atoms with Gasteiger partial charge in [-0.1, -0.05) is 59.7 Å². The number of rotatable bonds is 6. The number of benzene rings is 2. The second-order valence-corrected chi connectivity index (χ2v) is 10.1. The topological polar surface area (TPSA) is 54.5 Å². The minimum absolute atomic E-state index is 0.0776. The van der Waals surface area contributed by atoms with E-state index in [4.69, 9.17) is 0 Å². The van der Waals surface area contributed by atoms with Gasteiger partial charge in [-0.15, -0.1) is 0 Å². The maximum absolute atomic E-state index is 12.5. The molecule has 0 spiro atoms. The Morgan fingerprint density at radius 2 is 1.57 bits per heavy atom. The summed E-state index contributed by atoms with van der Waals surface area (Å²) < 4.78 is 25.1. The van der Waals surface area contributed by atoms with Crippen LogP contribution in [0.4, 0.5) is 0 Å². The van der Waals surface area contributed by atoms with E-state index >= 15 is 0 Å². The molecule has 2 aromatic carbocycles. The van der Waals surface area contributed by atoms with E-state index in [1.54, 1.807) is 4.90 Å². The van der Waals surface area contributed by atoms with Crippen LogP contribution in [-0.4, -0.2) is 38.1 Å². The molecule has 150 valence electrons. The van der Waals surface area contributed by atoms with Gasteiger partial charge in [0.25, 0.3) is 0 Å². The number of sulfone groups is 1. The smallest absolute Gasteiger partial charge is 0.237 e. The minimum atomic E-state index is -3.47. The molecule has 3 rings (SSSR count). The molecule has 0 unspecified atom stereocenters.